The van der Waals surface area contributed by atoms with E-state index in [1.165, 1.54) is 16.9 Å². The molecule has 5 nitrogen and oxygen atoms in total. The van der Waals surface area contributed by atoms with Gasteiger partial charge in [-0.15, -0.1) is 0 Å². The summed E-state index contributed by atoms with van der Waals surface area (Å²) < 4.78 is 13.7. The van der Waals surface area contributed by atoms with E-state index in [4.69, 9.17) is 9.47 Å². The summed E-state index contributed by atoms with van der Waals surface area (Å²) in [5.74, 6) is 0.963. The first kappa shape index (κ1) is 15.0. The molecule has 1 aliphatic rings. The first-order valence-corrected chi connectivity index (χ1v) is 8.55. The molecule has 0 saturated heterocycles. The van der Waals surface area contributed by atoms with Crippen LogP contribution >= 0.6 is 11.3 Å². The Kier molecular flexibility index (Phi) is 3.61. The number of carbonyl (C=O) groups is 1. The highest BCUT2D eigenvalue weighted by Gasteiger charge is 2.16. The van der Waals surface area contributed by atoms with Crippen LogP contribution in [0.25, 0.3) is 10.2 Å². The third-order valence-electron chi connectivity index (χ3n) is 4.10. The van der Waals surface area contributed by atoms with Crippen molar-refractivity contribution >= 4 is 27.5 Å². The van der Waals surface area contributed by atoms with Gasteiger partial charge < -0.3 is 14.0 Å². The van der Waals surface area contributed by atoms with Crippen molar-refractivity contribution in [3.05, 3.63) is 52.3 Å². The Hall–Kier alpha value is -2.60. The molecule has 0 N–H and O–H groups in total. The average Bonchev–Trinajstić information content (AvgIpc) is 3.19. The number of ether oxygens (including phenoxy) is 2. The summed E-state index contributed by atoms with van der Waals surface area (Å²) in [5, 5.41) is 0. The Bertz CT molecular complexity index is 1020. The number of amides is 1. The predicted molar refractivity (Wildman–Crippen MR) is 92.6 cm³/mol. The SMILES string of the molecule is CCc1cccc2sc(=NC(=O)c3ccc4c(c3)OCO4)n(C)c12. The van der Waals surface area contributed by atoms with Gasteiger partial charge in [-0.25, -0.2) is 0 Å². The number of fused-ring (bicyclic) bond motifs is 2. The fourth-order valence-corrected chi connectivity index (χ4v) is 3.92. The molecule has 24 heavy (non-hydrogen) atoms. The Morgan fingerprint density at radius 3 is 2.92 bits per heavy atom. The Morgan fingerprint density at radius 1 is 1.25 bits per heavy atom. The van der Waals surface area contributed by atoms with E-state index in [0.717, 1.165) is 16.6 Å². The smallest absolute Gasteiger partial charge is 0.279 e. The van der Waals surface area contributed by atoms with E-state index in [-0.39, 0.29) is 12.7 Å². The van der Waals surface area contributed by atoms with Crippen LogP contribution in [-0.4, -0.2) is 17.3 Å². The molecule has 0 bridgehead atoms. The lowest BCUT2D eigenvalue weighted by Gasteiger charge is -2.02. The molecule has 3 aromatic rings. The van der Waals surface area contributed by atoms with E-state index in [1.807, 2.05) is 17.7 Å². The normalized spacial score (nSPS) is 13.7. The molecule has 2 aromatic carbocycles. The van der Waals surface area contributed by atoms with Crippen LogP contribution in [0.3, 0.4) is 0 Å². The van der Waals surface area contributed by atoms with Gasteiger partial charge in [0, 0.05) is 12.6 Å². The molecule has 4 rings (SSSR count). The number of thiazole rings is 1. The van der Waals surface area contributed by atoms with Crippen molar-refractivity contribution in [3.8, 4) is 11.5 Å². The molecule has 1 amide bonds. The van der Waals surface area contributed by atoms with Gasteiger partial charge >= 0.3 is 0 Å². The number of hydrogen-bond donors (Lipinski definition) is 0. The average molecular weight is 340 g/mol. The number of carbonyl (C=O) groups excluding carboxylic acids is 1. The fraction of sp³-hybridized carbons (Fsp3) is 0.222. The lowest BCUT2D eigenvalue weighted by atomic mass is 10.1. The van der Waals surface area contributed by atoms with Crippen LogP contribution in [0.4, 0.5) is 0 Å². The van der Waals surface area contributed by atoms with Crippen molar-refractivity contribution in [3.63, 3.8) is 0 Å². The maximum atomic E-state index is 12.5. The van der Waals surface area contributed by atoms with Crippen LogP contribution < -0.4 is 14.3 Å². The maximum absolute atomic E-state index is 12.5. The van der Waals surface area contributed by atoms with Crippen LogP contribution in [0.15, 0.2) is 41.4 Å². The van der Waals surface area contributed by atoms with E-state index in [1.54, 1.807) is 18.2 Å². The first-order valence-electron chi connectivity index (χ1n) is 7.73. The van der Waals surface area contributed by atoms with Gasteiger partial charge in [-0.3, -0.25) is 4.79 Å². The number of nitrogens with zero attached hydrogens (tertiary/aromatic N) is 2. The minimum atomic E-state index is -0.284. The molecule has 0 unspecified atom stereocenters. The number of aryl methyl sites for hydroxylation is 2. The number of hydrogen-bond acceptors (Lipinski definition) is 4. The molecule has 0 atom stereocenters. The zero-order valence-electron chi connectivity index (χ0n) is 13.4. The van der Waals surface area contributed by atoms with E-state index in [9.17, 15) is 4.79 Å². The van der Waals surface area contributed by atoms with Crippen molar-refractivity contribution in [2.45, 2.75) is 13.3 Å². The minimum Gasteiger partial charge on any atom is -0.454 e. The fourth-order valence-electron chi connectivity index (χ4n) is 2.86. The predicted octanol–water partition coefficient (Wildman–Crippen LogP) is 3.27. The summed E-state index contributed by atoms with van der Waals surface area (Å²) in [5.41, 5.74) is 2.89. The number of para-hydroxylation sites is 1. The standard InChI is InChI=1S/C18H16N2O3S/c1-3-11-5-4-6-15-16(11)20(2)18(24-15)19-17(21)12-7-8-13-14(9-12)23-10-22-13/h4-9H,3,10H2,1-2H3. The van der Waals surface area contributed by atoms with Gasteiger partial charge in [0.25, 0.3) is 5.91 Å². The molecule has 0 saturated carbocycles. The highest BCUT2D eigenvalue weighted by atomic mass is 32.1. The van der Waals surface area contributed by atoms with E-state index in [2.05, 4.69) is 24.0 Å². The first-order chi connectivity index (χ1) is 11.7. The van der Waals surface area contributed by atoms with E-state index in [0.29, 0.717) is 21.9 Å². The van der Waals surface area contributed by atoms with Crippen molar-refractivity contribution in [1.82, 2.24) is 4.57 Å². The second-order valence-corrected chi connectivity index (χ2v) is 6.56. The van der Waals surface area contributed by atoms with Gasteiger partial charge in [-0.1, -0.05) is 30.4 Å². The number of aromatic nitrogens is 1. The summed E-state index contributed by atoms with van der Waals surface area (Å²) >= 11 is 1.52. The largest absolute Gasteiger partial charge is 0.454 e. The highest BCUT2D eigenvalue weighted by molar-refractivity contribution is 7.16. The van der Waals surface area contributed by atoms with E-state index < -0.39 is 0 Å². The lowest BCUT2D eigenvalue weighted by Crippen LogP contribution is -2.13. The highest BCUT2D eigenvalue weighted by Crippen LogP contribution is 2.32. The van der Waals surface area contributed by atoms with Crippen molar-refractivity contribution in [2.75, 3.05) is 6.79 Å². The second kappa shape index (κ2) is 5.79. The van der Waals surface area contributed by atoms with Crippen LogP contribution in [-0.2, 0) is 13.5 Å². The molecule has 1 aromatic heterocycles. The third kappa shape index (κ3) is 2.39. The summed E-state index contributed by atoms with van der Waals surface area (Å²) in [7, 11) is 1.95. The maximum Gasteiger partial charge on any atom is 0.279 e. The van der Waals surface area contributed by atoms with Crippen molar-refractivity contribution in [2.24, 2.45) is 12.0 Å². The van der Waals surface area contributed by atoms with Crippen LogP contribution in [0.1, 0.15) is 22.8 Å². The Labute approximate surface area is 142 Å². The van der Waals surface area contributed by atoms with Gasteiger partial charge in [0.1, 0.15) is 0 Å². The summed E-state index contributed by atoms with van der Waals surface area (Å²) in [6.45, 7) is 2.32. The molecular formula is C18H16N2O3S. The molecule has 2 heterocycles. The monoisotopic (exact) mass is 340 g/mol. The summed E-state index contributed by atoms with van der Waals surface area (Å²) in [4.78, 5) is 17.5. The zero-order valence-corrected chi connectivity index (χ0v) is 14.2. The molecule has 0 radical (unpaired) electrons. The van der Waals surface area contributed by atoms with Crippen molar-refractivity contribution < 1.29 is 14.3 Å². The molecule has 0 fully saturated rings. The molecule has 0 spiro atoms. The second-order valence-electron chi connectivity index (χ2n) is 5.55. The Balaban J connectivity index is 1.79. The third-order valence-corrected chi connectivity index (χ3v) is 5.20. The van der Waals surface area contributed by atoms with Gasteiger partial charge in [-0.2, -0.15) is 4.99 Å². The molecule has 122 valence electrons. The lowest BCUT2D eigenvalue weighted by molar-refractivity contribution is 0.0997. The summed E-state index contributed by atoms with van der Waals surface area (Å²) in [6.07, 6.45) is 0.942. The van der Waals surface area contributed by atoms with Gasteiger partial charge in [0.15, 0.2) is 16.3 Å². The Morgan fingerprint density at radius 2 is 2.08 bits per heavy atom. The molecule has 1 aliphatic heterocycles. The molecule has 0 aliphatic carbocycles. The summed E-state index contributed by atoms with van der Waals surface area (Å²) in [6, 6.07) is 11.3. The van der Waals surface area contributed by atoms with Crippen LogP contribution in [0, 0.1) is 0 Å². The molecular weight excluding hydrogens is 324 g/mol. The van der Waals surface area contributed by atoms with E-state index >= 15 is 0 Å². The quantitative estimate of drug-likeness (QED) is 0.719. The van der Waals surface area contributed by atoms with Crippen LogP contribution in [0.2, 0.25) is 0 Å². The number of benzene rings is 2. The van der Waals surface area contributed by atoms with Gasteiger partial charge in [-0.05, 0) is 36.2 Å². The van der Waals surface area contributed by atoms with Crippen LogP contribution in [0.5, 0.6) is 11.5 Å². The minimum absolute atomic E-state index is 0.190. The number of rotatable bonds is 2. The van der Waals surface area contributed by atoms with Crippen molar-refractivity contribution in [1.29, 1.82) is 0 Å². The van der Waals surface area contributed by atoms with Gasteiger partial charge in [0.05, 0.1) is 10.2 Å². The molecule has 6 heteroatoms. The topological polar surface area (TPSA) is 52.8 Å². The van der Waals surface area contributed by atoms with Gasteiger partial charge in [0.2, 0.25) is 6.79 Å². The zero-order chi connectivity index (χ0) is 16.7.